The summed E-state index contributed by atoms with van der Waals surface area (Å²) in [5, 5.41) is 9.69. The Labute approximate surface area is 190 Å². The van der Waals surface area contributed by atoms with Crippen molar-refractivity contribution in [2.24, 2.45) is 0 Å². The molecule has 0 aliphatic carbocycles. The molecule has 0 radical (unpaired) electrons. The van der Waals surface area contributed by atoms with Crippen LogP contribution in [-0.4, -0.2) is 33.9 Å². The molecule has 0 bridgehead atoms. The summed E-state index contributed by atoms with van der Waals surface area (Å²) in [5.41, 5.74) is 3.00. The first-order valence-electron chi connectivity index (χ1n) is 10.0. The number of para-hydroxylation sites is 2. The number of carbonyl (C=O) groups is 2. The maximum atomic E-state index is 12.6. The van der Waals surface area contributed by atoms with Crippen LogP contribution in [0.2, 0.25) is 0 Å². The van der Waals surface area contributed by atoms with Crippen molar-refractivity contribution in [2.45, 2.75) is 6.92 Å². The van der Waals surface area contributed by atoms with Gasteiger partial charge in [0.1, 0.15) is 0 Å². The fourth-order valence-electron chi connectivity index (χ4n) is 3.01. The first kappa shape index (κ1) is 21.6. The lowest BCUT2D eigenvalue weighted by Gasteiger charge is -2.09. The normalized spacial score (nSPS) is 10.4. The van der Waals surface area contributed by atoms with Gasteiger partial charge in [-0.25, -0.2) is 9.48 Å². The van der Waals surface area contributed by atoms with E-state index in [0.29, 0.717) is 34.1 Å². The fraction of sp³-hybridized carbons (Fsp3) is 0.0833. The molecular formula is C24H21N5O4. The van der Waals surface area contributed by atoms with Gasteiger partial charge in [-0.15, -0.1) is 0 Å². The standard InChI is InChI=1S/C24H21N5O4/c1-16-10-11-18(13-25-16)27-23(30)17-6-5-7-20(12-17)29-15-19(14-26-29)28-24(31)33-22-9-4-3-8-21(22)32-2/h3-15H,1-2H3,(H,27,30)(H,28,31). The number of aromatic nitrogens is 3. The van der Waals surface area contributed by atoms with Gasteiger partial charge in [0.15, 0.2) is 11.5 Å². The van der Waals surface area contributed by atoms with E-state index < -0.39 is 6.09 Å². The van der Waals surface area contributed by atoms with Crippen LogP contribution < -0.4 is 20.1 Å². The van der Waals surface area contributed by atoms with Crippen LogP contribution in [0.25, 0.3) is 5.69 Å². The molecule has 0 aliphatic rings. The first-order chi connectivity index (χ1) is 16.0. The van der Waals surface area contributed by atoms with Crippen molar-refractivity contribution in [3.05, 3.63) is 90.5 Å². The van der Waals surface area contributed by atoms with Crippen LogP contribution in [0.1, 0.15) is 16.1 Å². The van der Waals surface area contributed by atoms with Crippen LogP contribution >= 0.6 is 0 Å². The van der Waals surface area contributed by atoms with E-state index >= 15 is 0 Å². The Hall–Kier alpha value is -4.66. The molecule has 2 heterocycles. The number of hydrogen-bond acceptors (Lipinski definition) is 6. The average molecular weight is 443 g/mol. The summed E-state index contributed by atoms with van der Waals surface area (Å²) >= 11 is 0. The maximum Gasteiger partial charge on any atom is 0.417 e. The van der Waals surface area contributed by atoms with Crippen LogP contribution in [0.5, 0.6) is 11.5 Å². The van der Waals surface area contributed by atoms with Gasteiger partial charge in [0, 0.05) is 11.3 Å². The minimum Gasteiger partial charge on any atom is -0.493 e. The van der Waals surface area contributed by atoms with Crippen molar-refractivity contribution in [3.63, 3.8) is 0 Å². The molecule has 0 spiro atoms. The second-order valence-electron chi connectivity index (χ2n) is 7.03. The van der Waals surface area contributed by atoms with Gasteiger partial charge in [0.05, 0.1) is 42.8 Å². The van der Waals surface area contributed by atoms with Gasteiger partial charge >= 0.3 is 6.09 Å². The van der Waals surface area contributed by atoms with E-state index in [0.717, 1.165) is 5.69 Å². The number of carbonyl (C=O) groups excluding carboxylic acids is 2. The Kier molecular flexibility index (Phi) is 6.31. The zero-order valence-corrected chi connectivity index (χ0v) is 18.0. The highest BCUT2D eigenvalue weighted by atomic mass is 16.6. The zero-order valence-electron chi connectivity index (χ0n) is 18.0. The van der Waals surface area contributed by atoms with E-state index in [1.165, 1.54) is 13.3 Å². The Morgan fingerprint density at radius 3 is 2.48 bits per heavy atom. The summed E-state index contributed by atoms with van der Waals surface area (Å²) in [6.07, 6.45) is 4.02. The smallest absolute Gasteiger partial charge is 0.417 e. The molecular weight excluding hydrogens is 422 g/mol. The highest BCUT2D eigenvalue weighted by molar-refractivity contribution is 6.04. The van der Waals surface area contributed by atoms with Crippen molar-refractivity contribution in [2.75, 3.05) is 17.7 Å². The number of benzene rings is 2. The van der Waals surface area contributed by atoms with Crippen molar-refractivity contribution in [1.29, 1.82) is 0 Å². The predicted molar refractivity (Wildman–Crippen MR) is 123 cm³/mol. The highest BCUT2D eigenvalue weighted by Crippen LogP contribution is 2.26. The van der Waals surface area contributed by atoms with E-state index in [4.69, 9.17) is 9.47 Å². The lowest BCUT2D eigenvalue weighted by atomic mass is 10.2. The summed E-state index contributed by atoms with van der Waals surface area (Å²) in [7, 11) is 1.50. The number of aryl methyl sites for hydroxylation is 1. The van der Waals surface area contributed by atoms with Crippen LogP contribution in [0.4, 0.5) is 16.2 Å². The van der Waals surface area contributed by atoms with E-state index in [-0.39, 0.29) is 5.91 Å². The minimum absolute atomic E-state index is 0.270. The summed E-state index contributed by atoms with van der Waals surface area (Å²) in [6, 6.07) is 17.4. The largest absolute Gasteiger partial charge is 0.493 e. The van der Waals surface area contributed by atoms with Gasteiger partial charge in [-0.1, -0.05) is 18.2 Å². The number of nitrogens with one attached hydrogen (secondary N) is 2. The molecule has 9 heteroatoms. The van der Waals surface area contributed by atoms with Crippen molar-refractivity contribution >= 4 is 23.4 Å². The molecule has 2 amide bonds. The number of nitrogens with zero attached hydrogens (tertiary/aromatic N) is 3. The van der Waals surface area contributed by atoms with Gasteiger partial charge in [-0.3, -0.25) is 15.1 Å². The predicted octanol–water partition coefficient (Wildman–Crippen LogP) is 4.45. The third-order valence-corrected chi connectivity index (χ3v) is 4.64. The number of pyridine rings is 1. The van der Waals surface area contributed by atoms with E-state index in [1.54, 1.807) is 71.7 Å². The zero-order chi connectivity index (χ0) is 23.2. The molecule has 0 aliphatic heterocycles. The lowest BCUT2D eigenvalue weighted by molar-refractivity contribution is 0.102. The molecule has 33 heavy (non-hydrogen) atoms. The Balaban J connectivity index is 1.43. The van der Waals surface area contributed by atoms with Gasteiger partial charge in [0.2, 0.25) is 0 Å². The van der Waals surface area contributed by atoms with Crippen molar-refractivity contribution in [3.8, 4) is 17.2 Å². The molecule has 2 N–H and O–H groups in total. The second-order valence-corrected chi connectivity index (χ2v) is 7.03. The number of amides is 2. The number of rotatable bonds is 6. The number of methoxy groups -OCH3 is 1. The third-order valence-electron chi connectivity index (χ3n) is 4.64. The van der Waals surface area contributed by atoms with Gasteiger partial charge < -0.3 is 14.8 Å². The number of ether oxygens (including phenoxy) is 2. The molecule has 2 aromatic carbocycles. The van der Waals surface area contributed by atoms with Crippen LogP contribution in [0.3, 0.4) is 0 Å². The molecule has 2 aromatic heterocycles. The van der Waals surface area contributed by atoms with Gasteiger partial charge in [-0.05, 0) is 49.4 Å². The highest BCUT2D eigenvalue weighted by Gasteiger charge is 2.12. The first-order valence-corrected chi connectivity index (χ1v) is 10.0. The third kappa shape index (κ3) is 5.34. The summed E-state index contributed by atoms with van der Waals surface area (Å²) in [6.45, 7) is 1.88. The van der Waals surface area contributed by atoms with Crippen molar-refractivity contribution in [1.82, 2.24) is 14.8 Å². The van der Waals surface area contributed by atoms with Crippen LogP contribution in [0.15, 0.2) is 79.3 Å². The lowest BCUT2D eigenvalue weighted by Crippen LogP contribution is -2.16. The molecule has 0 atom stereocenters. The molecule has 4 rings (SSSR count). The fourth-order valence-corrected chi connectivity index (χ4v) is 3.01. The van der Waals surface area contributed by atoms with Crippen LogP contribution in [-0.2, 0) is 0 Å². The maximum absolute atomic E-state index is 12.6. The van der Waals surface area contributed by atoms with E-state index in [1.807, 2.05) is 13.0 Å². The molecule has 166 valence electrons. The number of hydrogen-bond donors (Lipinski definition) is 2. The average Bonchev–Trinajstić information content (AvgIpc) is 3.29. The number of anilines is 2. The quantitative estimate of drug-likeness (QED) is 0.456. The Morgan fingerprint density at radius 1 is 0.909 bits per heavy atom. The Morgan fingerprint density at radius 2 is 1.73 bits per heavy atom. The molecule has 0 saturated heterocycles. The van der Waals surface area contributed by atoms with Gasteiger partial charge in [-0.2, -0.15) is 5.10 Å². The minimum atomic E-state index is -0.682. The van der Waals surface area contributed by atoms with Gasteiger partial charge in [0.25, 0.3) is 5.91 Å². The molecule has 0 fully saturated rings. The molecule has 9 nitrogen and oxygen atoms in total. The summed E-state index contributed by atoms with van der Waals surface area (Å²) in [4.78, 5) is 29.0. The van der Waals surface area contributed by atoms with E-state index in [9.17, 15) is 9.59 Å². The topological polar surface area (TPSA) is 107 Å². The Bertz CT molecular complexity index is 1280. The summed E-state index contributed by atoms with van der Waals surface area (Å²) in [5.74, 6) is 0.473. The summed E-state index contributed by atoms with van der Waals surface area (Å²) < 4.78 is 12.0. The monoisotopic (exact) mass is 443 g/mol. The van der Waals surface area contributed by atoms with Crippen LogP contribution in [0, 0.1) is 6.92 Å². The molecule has 0 saturated carbocycles. The molecule has 4 aromatic rings. The SMILES string of the molecule is COc1ccccc1OC(=O)Nc1cnn(-c2cccc(C(=O)Nc3ccc(C)nc3)c2)c1. The molecule has 0 unspecified atom stereocenters. The van der Waals surface area contributed by atoms with E-state index in [2.05, 4.69) is 20.7 Å². The second kappa shape index (κ2) is 9.65. The van der Waals surface area contributed by atoms with Crippen molar-refractivity contribution < 1.29 is 19.1 Å².